The van der Waals surface area contributed by atoms with Gasteiger partial charge in [-0.1, -0.05) is 13.0 Å². The van der Waals surface area contributed by atoms with Gasteiger partial charge >= 0.3 is 0 Å². The number of piperazine rings is 1. The second-order valence-electron chi connectivity index (χ2n) is 5.03. The van der Waals surface area contributed by atoms with Gasteiger partial charge in [0.2, 0.25) is 0 Å². The molecule has 1 heterocycles. The summed E-state index contributed by atoms with van der Waals surface area (Å²) in [6.07, 6.45) is 1.20. The molecule has 1 aromatic rings. The third kappa shape index (κ3) is 2.55. The minimum Gasteiger partial charge on any atom is -0.399 e. The van der Waals surface area contributed by atoms with Crippen molar-refractivity contribution in [3.05, 3.63) is 23.8 Å². The van der Waals surface area contributed by atoms with Crippen molar-refractivity contribution in [1.29, 1.82) is 0 Å². The molecule has 0 aromatic heterocycles. The molecule has 1 saturated heterocycles. The molecule has 94 valence electrons. The Hall–Kier alpha value is -1.22. The Morgan fingerprint density at radius 2 is 2.12 bits per heavy atom. The molecule has 0 radical (unpaired) electrons. The average Bonchev–Trinajstić information content (AvgIpc) is 2.33. The number of hydrogen-bond acceptors (Lipinski definition) is 3. The summed E-state index contributed by atoms with van der Waals surface area (Å²) in [7, 11) is 2.22. The molecule has 1 unspecified atom stereocenters. The highest BCUT2D eigenvalue weighted by molar-refractivity contribution is 5.61. The van der Waals surface area contributed by atoms with E-state index < -0.39 is 0 Å². The second-order valence-corrected chi connectivity index (χ2v) is 5.03. The molecule has 3 heteroatoms. The van der Waals surface area contributed by atoms with E-state index in [9.17, 15) is 0 Å². The van der Waals surface area contributed by atoms with Gasteiger partial charge in [0.15, 0.2) is 0 Å². The van der Waals surface area contributed by atoms with E-state index in [1.807, 2.05) is 6.07 Å². The van der Waals surface area contributed by atoms with Crippen molar-refractivity contribution in [2.24, 2.45) is 0 Å². The first kappa shape index (κ1) is 12.2. The lowest BCUT2D eigenvalue weighted by Crippen LogP contribution is -2.51. The Bertz CT molecular complexity index is 389. The summed E-state index contributed by atoms with van der Waals surface area (Å²) >= 11 is 0. The molecule has 0 spiro atoms. The van der Waals surface area contributed by atoms with E-state index in [1.54, 1.807) is 0 Å². The summed E-state index contributed by atoms with van der Waals surface area (Å²) in [4.78, 5) is 4.93. The van der Waals surface area contributed by atoms with Gasteiger partial charge in [-0.2, -0.15) is 0 Å². The first-order valence-electron chi connectivity index (χ1n) is 6.43. The molecule has 0 saturated carbocycles. The van der Waals surface area contributed by atoms with Gasteiger partial charge in [0.25, 0.3) is 0 Å². The molecule has 1 aromatic carbocycles. The van der Waals surface area contributed by atoms with Gasteiger partial charge in [-0.25, -0.2) is 0 Å². The maximum atomic E-state index is 5.89. The van der Waals surface area contributed by atoms with Gasteiger partial charge < -0.3 is 10.6 Å². The van der Waals surface area contributed by atoms with Crippen LogP contribution in [0, 0.1) is 6.92 Å². The van der Waals surface area contributed by atoms with Crippen LogP contribution in [0.5, 0.6) is 0 Å². The number of aryl methyl sites for hydroxylation is 1. The maximum Gasteiger partial charge on any atom is 0.0417 e. The van der Waals surface area contributed by atoms with E-state index in [4.69, 9.17) is 5.73 Å². The lowest BCUT2D eigenvalue weighted by atomic mass is 10.1. The van der Waals surface area contributed by atoms with Crippen molar-refractivity contribution in [2.75, 3.05) is 37.3 Å². The lowest BCUT2D eigenvalue weighted by molar-refractivity contribution is 0.213. The van der Waals surface area contributed by atoms with Gasteiger partial charge in [-0.05, 0) is 38.1 Å². The zero-order valence-corrected chi connectivity index (χ0v) is 11.1. The fourth-order valence-corrected chi connectivity index (χ4v) is 2.57. The van der Waals surface area contributed by atoms with Crippen molar-refractivity contribution in [2.45, 2.75) is 26.3 Å². The van der Waals surface area contributed by atoms with Gasteiger partial charge in [0, 0.05) is 37.1 Å². The summed E-state index contributed by atoms with van der Waals surface area (Å²) in [5.41, 5.74) is 9.37. The average molecular weight is 233 g/mol. The number of likely N-dealkylation sites (N-methyl/N-ethyl adjacent to an activating group) is 1. The molecule has 0 aliphatic carbocycles. The van der Waals surface area contributed by atoms with Crippen LogP contribution in [0.4, 0.5) is 11.4 Å². The summed E-state index contributed by atoms with van der Waals surface area (Å²) < 4.78 is 0. The lowest BCUT2D eigenvalue weighted by Gasteiger charge is -2.41. The largest absolute Gasteiger partial charge is 0.399 e. The minimum atomic E-state index is 0.657. The normalized spacial score (nSPS) is 21.8. The Labute approximate surface area is 104 Å². The third-order valence-electron chi connectivity index (χ3n) is 3.82. The fraction of sp³-hybridized carbons (Fsp3) is 0.571. The van der Waals surface area contributed by atoms with Crippen LogP contribution in [0.2, 0.25) is 0 Å². The van der Waals surface area contributed by atoms with Gasteiger partial charge in [0.1, 0.15) is 0 Å². The second kappa shape index (κ2) is 4.96. The van der Waals surface area contributed by atoms with Crippen molar-refractivity contribution in [3.63, 3.8) is 0 Å². The van der Waals surface area contributed by atoms with Crippen molar-refractivity contribution in [3.8, 4) is 0 Å². The monoisotopic (exact) mass is 233 g/mol. The molecule has 2 N–H and O–H groups in total. The van der Waals surface area contributed by atoms with Crippen molar-refractivity contribution < 1.29 is 0 Å². The molecule has 3 nitrogen and oxygen atoms in total. The summed E-state index contributed by atoms with van der Waals surface area (Å²) in [5, 5.41) is 0. The number of hydrogen-bond donors (Lipinski definition) is 1. The molecular formula is C14H23N3. The maximum absolute atomic E-state index is 5.89. The third-order valence-corrected chi connectivity index (χ3v) is 3.82. The van der Waals surface area contributed by atoms with Crippen LogP contribution in [-0.2, 0) is 0 Å². The number of rotatable bonds is 2. The Balaban J connectivity index is 2.20. The van der Waals surface area contributed by atoms with Crippen LogP contribution < -0.4 is 10.6 Å². The molecule has 1 aliphatic heterocycles. The van der Waals surface area contributed by atoms with E-state index in [2.05, 4.69) is 42.8 Å². The van der Waals surface area contributed by atoms with Gasteiger partial charge in [-0.15, -0.1) is 0 Å². The standard InChI is InChI=1S/C14H23N3/c1-4-13-10-17(8-7-16(13)3)14-9-12(15)6-5-11(14)2/h5-6,9,13H,4,7-8,10,15H2,1-3H3. The van der Waals surface area contributed by atoms with Crippen LogP contribution in [0.15, 0.2) is 18.2 Å². The molecule has 0 amide bonds. The predicted molar refractivity (Wildman–Crippen MR) is 74.5 cm³/mol. The number of nitrogen functional groups attached to an aromatic ring is 1. The highest BCUT2D eigenvalue weighted by Gasteiger charge is 2.23. The molecule has 0 bridgehead atoms. The molecule has 1 aliphatic rings. The Morgan fingerprint density at radius 3 is 2.82 bits per heavy atom. The van der Waals surface area contributed by atoms with Crippen LogP contribution in [0.25, 0.3) is 0 Å². The number of benzene rings is 1. The first-order valence-corrected chi connectivity index (χ1v) is 6.43. The van der Waals surface area contributed by atoms with E-state index in [0.717, 1.165) is 25.3 Å². The summed E-state index contributed by atoms with van der Waals surface area (Å²) in [6, 6.07) is 6.85. The number of anilines is 2. The van der Waals surface area contributed by atoms with Crippen molar-refractivity contribution in [1.82, 2.24) is 4.90 Å². The van der Waals surface area contributed by atoms with Gasteiger partial charge in [-0.3, -0.25) is 4.90 Å². The minimum absolute atomic E-state index is 0.657. The van der Waals surface area contributed by atoms with Crippen LogP contribution >= 0.6 is 0 Å². The zero-order chi connectivity index (χ0) is 12.4. The number of nitrogens with two attached hydrogens (primary N) is 1. The zero-order valence-electron chi connectivity index (χ0n) is 11.1. The van der Waals surface area contributed by atoms with Crippen LogP contribution in [-0.4, -0.2) is 37.6 Å². The summed E-state index contributed by atoms with van der Waals surface area (Å²) in [5.74, 6) is 0. The Morgan fingerprint density at radius 1 is 1.35 bits per heavy atom. The molecule has 2 rings (SSSR count). The fourth-order valence-electron chi connectivity index (χ4n) is 2.57. The van der Waals surface area contributed by atoms with E-state index >= 15 is 0 Å². The highest BCUT2D eigenvalue weighted by atomic mass is 15.3. The van der Waals surface area contributed by atoms with Crippen molar-refractivity contribution >= 4 is 11.4 Å². The predicted octanol–water partition coefficient (Wildman–Crippen LogP) is 2.11. The van der Waals surface area contributed by atoms with E-state index in [0.29, 0.717) is 6.04 Å². The molecule has 1 atom stereocenters. The first-order chi connectivity index (χ1) is 8.11. The smallest absolute Gasteiger partial charge is 0.0417 e. The molecular weight excluding hydrogens is 210 g/mol. The van der Waals surface area contributed by atoms with Crippen LogP contribution in [0.3, 0.4) is 0 Å². The number of nitrogens with zero attached hydrogens (tertiary/aromatic N) is 2. The quantitative estimate of drug-likeness (QED) is 0.794. The Kier molecular flexibility index (Phi) is 3.57. The van der Waals surface area contributed by atoms with E-state index in [-0.39, 0.29) is 0 Å². The van der Waals surface area contributed by atoms with Crippen LogP contribution in [0.1, 0.15) is 18.9 Å². The molecule has 17 heavy (non-hydrogen) atoms. The van der Waals surface area contributed by atoms with E-state index in [1.165, 1.54) is 17.7 Å². The van der Waals surface area contributed by atoms with Gasteiger partial charge in [0.05, 0.1) is 0 Å². The topological polar surface area (TPSA) is 32.5 Å². The molecule has 1 fully saturated rings. The highest BCUT2D eigenvalue weighted by Crippen LogP contribution is 2.25. The summed E-state index contributed by atoms with van der Waals surface area (Å²) in [6.45, 7) is 7.76. The SMILES string of the molecule is CCC1CN(c2cc(N)ccc2C)CCN1C.